The molecule has 0 aromatic carbocycles. The van der Waals surface area contributed by atoms with E-state index in [0.29, 0.717) is 19.1 Å². The summed E-state index contributed by atoms with van der Waals surface area (Å²) in [7, 11) is -0.767. The highest BCUT2D eigenvalue weighted by Crippen LogP contribution is 2.48. The summed E-state index contributed by atoms with van der Waals surface area (Å²) in [6.07, 6.45) is 1.91. The van der Waals surface area contributed by atoms with E-state index in [4.69, 9.17) is 9.47 Å². The molecule has 20 heavy (non-hydrogen) atoms. The maximum absolute atomic E-state index is 12.0. The van der Waals surface area contributed by atoms with Crippen LogP contribution in [-0.2, 0) is 19.1 Å². The molecule has 5 heteroatoms. The molecule has 0 aliphatic carbocycles. The predicted octanol–water partition coefficient (Wildman–Crippen LogP) is 3.42. The second kappa shape index (κ2) is 10.1. The van der Waals surface area contributed by atoms with Crippen LogP contribution in [0.5, 0.6) is 0 Å². The molecule has 0 fully saturated rings. The third-order valence-electron chi connectivity index (χ3n) is 3.22. The number of hydrogen-bond acceptors (Lipinski definition) is 4. The van der Waals surface area contributed by atoms with Gasteiger partial charge in [-0.25, -0.2) is 0 Å². The van der Waals surface area contributed by atoms with Crippen LogP contribution >= 0.6 is 7.92 Å². The molecule has 0 aromatic heterocycles. The first-order valence-corrected chi connectivity index (χ1v) is 9.10. The Hall–Kier alpha value is -0.630. The first kappa shape index (κ1) is 19.4. The molecule has 0 aromatic rings. The van der Waals surface area contributed by atoms with E-state index in [1.54, 1.807) is 13.8 Å². The highest BCUT2D eigenvalue weighted by Gasteiger charge is 2.33. The molecule has 0 N–H and O–H groups in total. The largest absolute Gasteiger partial charge is 0.466 e. The van der Waals surface area contributed by atoms with Gasteiger partial charge in [-0.2, -0.15) is 0 Å². The molecule has 0 bridgehead atoms. The van der Waals surface area contributed by atoms with Crippen molar-refractivity contribution in [3.8, 4) is 0 Å². The SMILES string of the molecule is CCOC(=O)C(C)P(CCC(C)C)C(C)C(=O)OCC. The zero-order chi connectivity index (χ0) is 15.7. The van der Waals surface area contributed by atoms with E-state index in [1.807, 2.05) is 13.8 Å². The predicted molar refractivity (Wildman–Crippen MR) is 83.4 cm³/mol. The Balaban J connectivity index is 4.86. The fraction of sp³-hybridized carbons (Fsp3) is 0.867. The van der Waals surface area contributed by atoms with Gasteiger partial charge in [0.15, 0.2) is 0 Å². The van der Waals surface area contributed by atoms with Crippen molar-refractivity contribution in [2.45, 2.75) is 59.3 Å². The highest BCUT2D eigenvalue weighted by molar-refractivity contribution is 7.61. The molecule has 0 amide bonds. The van der Waals surface area contributed by atoms with E-state index >= 15 is 0 Å². The smallest absolute Gasteiger partial charge is 0.313 e. The minimum Gasteiger partial charge on any atom is -0.466 e. The Bertz CT molecular complexity index is 280. The Morgan fingerprint density at radius 2 is 1.30 bits per heavy atom. The van der Waals surface area contributed by atoms with Crippen LogP contribution in [-0.4, -0.2) is 42.6 Å². The normalized spacial score (nSPS) is 15.6. The Kier molecular flexibility index (Phi) is 9.83. The van der Waals surface area contributed by atoms with E-state index in [-0.39, 0.29) is 23.3 Å². The number of esters is 2. The Morgan fingerprint density at radius 3 is 1.60 bits per heavy atom. The fourth-order valence-electron chi connectivity index (χ4n) is 1.93. The quantitative estimate of drug-likeness (QED) is 0.484. The molecule has 0 radical (unpaired) electrons. The monoisotopic (exact) mass is 304 g/mol. The van der Waals surface area contributed by atoms with Crippen LogP contribution in [0.2, 0.25) is 0 Å². The van der Waals surface area contributed by atoms with Crippen LogP contribution in [0, 0.1) is 5.92 Å². The number of rotatable bonds is 9. The van der Waals surface area contributed by atoms with Crippen LogP contribution in [0.15, 0.2) is 0 Å². The molecule has 2 unspecified atom stereocenters. The number of carbonyl (C=O) groups is 2. The summed E-state index contributed by atoms with van der Waals surface area (Å²) < 4.78 is 10.2. The van der Waals surface area contributed by atoms with Crippen molar-refractivity contribution >= 4 is 19.9 Å². The molecule has 0 heterocycles. The van der Waals surface area contributed by atoms with E-state index in [9.17, 15) is 9.59 Å². The highest BCUT2D eigenvalue weighted by atomic mass is 31.1. The third kappa shape index (κ3) is 6.69. The average Bonchev–Trinajstić information content (AvgIpc) is 2.38. The number of hydrogen-bond donors (Lipinski definition) is 0. The molecular formula is C15H29O4P. The van der Waals surface area contributed by atoms with Crippen molar-refractivity contribution in [3.63, 3.8) is 0 Å². The van der Waals surface area contributed by atoms with Crippen LogP contribution in [0.1, 0.15) is 48.0 Å². The lowest BCUT2D eigenvalue weighted by Gasteiger charge is -2.28. The van der Waals surface area contributed by atoms with Gasteiger partial charge < -0.3 is 9.47 Å². The third-order valence-corrected chi connectivity index (χ3v) is 6.40. The van der Waals surface area contributed by atoms with Gasteiger partial charge in [0.05, 0.1) is 24.5 Å². The van der Waals surface area contributed by atoms with Gasteiger partial charge in [0, 0.05) is 0 Å². The summed E-state index contributed by atoms with van der Waals surface area (Å²) in [6, 6.07) is 0. The van der Waals surface area contributed by atoms with E-state index in [0.717, 1.165) is 12.6 Å². The van der Waals surface area contributed by atoms with Gasteiger partial charge in [-0.15, -0.1) is 0 Å². The zero-order valence-electron chi connectivity index (χ0n) is 13.6. The van der Waals surface area contributed by atoms with E-state index < -0.39 is 7.92 Å². The van der Waals surface area contributed by atoms with Gasteiger partial charge in [-0.05, 0) is 46.2 Å². The van der Waals surface area contributed by atoms with Gasteiger partial charge in [0.25, 0.3) is 0 Å². The average molecular weight is 304 g/mol. The molecule has 0 rings (SSSR count). The lowest BCUT2D eigenvalue weighted by atomic mass is 10.2. The molecule has 4 nitrogen and oxygen atoms in total. The van der Waals surface area contributed by atoms with Crippen molar-refractivity contribution in [2.24, 2.45) is 5.92 Å². The summed E-state index contributed by atoms with van der Waals surface area (Å²) in [5, 5.41) is 0. The Morgan fingerprint density at radius 1 is 0.900 bits per heavy atom. The summed E-state index contributed by atoms with van der Waals surface area (Å²) >= 11 is 0. The topological polar surface area (TPSA) is 52.6 Å². The minimum atomic E-state index is -0.767. The van der Waals surface area contributed by atoms with Gasteiger partial charge in [-0.3, -0.25) is 9.59 Å². The van der Waals surface area contributed by atoms with Gasteiger partial charge in [-0.1, -0.05) is 21.8 Å². The van der Waals surface area contributed by atoms with Crippen molar-refractivity contribution in [2.75, 3.05) is 19.4 Å². The maximum atomic E-state index is 12.0. The number of ether oxygens (including phenoxy) is 2. The second-order valence-corrected chi connectivity index (χ2v) is 8.30. The fourth-order valence-corrected chi connectivity index (χ4v) is 4.88. The first-order chi connectivity index (χ1) is 9.34. The molecule has 0 aliphatic rings. The molecule has 2 atom stereocenters. The minimum absolute atomic E-state index is 0.196. The van der Waals surface area contributed by atoms with Crippen LogP contribution in [0.25, 0.3) is 0 Å². The number of carbonyl (C=O) groups excluding carboxylic acids is 2. The second-order valence-electron chi connectivity index (χ2n) is 5.28. The maximum Gasteiger partial charge on any atom is 0.313 e. The Labute approximate surface area is 124 Å². The molecule has 0 saturated heterocycles. The molecule has 0 saturated carbocycles. The van der Waals surface area contributed by atoms with Crippen molar-refractivity contribution < 1.29 is 19.1 Å². The summed E-state index contributed by atoms with van der Waals surface area (Å²) in [5.41, 5.74) is -0.439. The molecular weight excluding hydrogens is 275 g/mol. The van der Waals surface area contributed by atoms with Gasteiger partial charge in [0.1, 0.15) is 0 Å². The van der Waals surface area contributed by atoms with Gasteiger partial charge >= 0.3 is 11.9 Å². The van der Waals surface area contributed by atoms with Crippen LogP contribution < -0.4 is 0 Å². The zero-order valence-corrected chi connectivity index (χ0v) is 14.5. The molecule has 118 valence electrons. The van der Waals surface area contributed by atoms with E-state index in [2.05, 4.69) is 13.8 Å². The molecule has 0 aliphatic heterocycles. The van der Waals surface area contributed by atoms with Gasteiger partial charge in [0.2, 0.25) is 0 Å². The lowest BCUT2D eigenvalue weighted by Crippen LogP contribution is -2.28. The molecule has 0 spiro atoms. The summed E-state index contributed by atoms with van der Waals surface area (Å²) in [4.78, 5) is 23.9. The van der Waals surface area contributed by atoms with Crippen LogP contribution in [0.3, 0.4) is 0 Å². The first-order valence-electron chi connectivity index (χ1n) is 7.44. The van der Waals surface area contributed by atoms with E-state index in [1.165, 1.54) is 0 Å². The van der Waals surface area contributed by atoms with Crippen molar-refractivity contribution in [3.05, 3.63) is 0 Å². The van der Waals surface area contributed by atoms with Crippen molar-refractivity contribution in [1.82, 2.24) is 0 Å². The summed E-state index contributed by atoms with van der Waals surface area (Å²) in [5.74, 6) is 0.167. The van der Waals surface area contributed by atoms with Crippen molar-refractivity contribution in [1.29, 1.82) is 0 Å². The summed E-state index contributed by atoms with van der Waals surface area (Å²) in [6.45, 7) is 12.4. The van der Waals surface area contributed by atoms with Crippen LogP contribution in [0.4, 0.5) is 0 Å². The standard InChI is InChI=1S/C15H29O4P/c1-7-18-14(16)12(5)20(10-9-11(3)4)13(6)15(17)19-8-2/h11-13H,7-10H2,1-6H3. The lowest BCUT2D eigenvalue weighted by molar-refractivity contribution is -0.142.